The highest BCUT2D eigenvalue weighted by molar-refractivity contribution is 7.89. The van der Waals surface area contributed by atoms with E-state index in [0.717, 1.165) is 16.4 Å². The molecule has 0 bridgehead atoms. The number of aromatic nitrogens is 3. The lowest BCUT2D eigenvalue weighted by molar-refractivity contribution is -0.137. The zero-order valence-corrected chi connectivity index (χ0v) is 16.6. The van der Waals surface area contributed by atoms with Gasteiger partial charge in [-0.1, -0.05) is 0 Å². The van der Waals surface area contributed by atoms with Crippen LogP contribution in [0.5, 0.6) is 0 Å². The lowest BCUT2D eigenvalue weighted by atomic mass is 10.2. The molecule has 0 saturated carbocycles. The van der Waals surface area contributed by atoms with E-state index in [1.165, 1.54) is 32.3 Å². The number of hydrogen-bond acceptors (Lipinski definition) is 3. The third-order valence-corrected chi connectivity index (χ3v) is 6.56. The second kappa shape index (κ2) is 6.33. The highest BCUT2D eigenvalue weighted by atomic mass is 32.2. The minimum Gasteiger partial charge on any atom is -0.292 e. The molecule has 0 unspecified atom stereocenters. The second-order valence-electron chi connectivity index (χ2n) is 6.89. The second-order valence-corrected chi connectivity index (χ2v) is 9.04. The third-order valence-electron chi connectivity index (χ3n) is 4.75. The molecular weight excluding hydrogens is 405 g/mol. The summed E-state index contributed by atoms with van der Waals surface area (Å²) in [6.07, 6.45) is -2.67. The summed E-state index contributed by atoms with van der Waals surface area (Å²) in [7, 11) is 0.992. The van der Waals surface area contributed by atoms with Crippen molar-refractivity contribution in [1.29, 1.82) is 0 Å². The molecule has 0 aliphatic heterocycles. The van der Waals surface area contributed by atoms with Crippen molar-refractivity contribution in [2.75, 3.05) is 14.1 Å². The first kappa shape index (κ1) is 19.5. The first-order valence-corrected chi connectivity index (χ1v) is 10.0. The van der Waals surface area contributed by atoms with E-state index in [2.05, 4.69) is 5.10 Å². The van der Waals surface area contributed by atoms with E-state index in [9.17, 15) is 21.6 Å². The fraction of sp³-hybridized carbons (Fsp3) is 0.211. The largest absolute Gasteiger partial charge is 0.416 e. The number of rotatable bonds is 3. The molecule has 0 aliphatic carbocycles. The van der Waals surface area contributed by atoms with Crippen LogP contribution in [0.4, 0.5) is 13.2 Å². The zero-order chi connectivity index (χ0) is 21.1. The van der Waals surface area contributed by atoms with Crippen LogP contribution in [0.15, 0.2) is 53.6 Å². The van der Waals surface area contributed by atoms with Gasteiger partial charge in [0.05, 0.1) is 16.0 Å². The predicted octanol–water partition coefficient (Wildman–Crippen LogP) is 3.79. The van der Waals surface area contributed by atoms with Crippen molar-refractivity contribution in [3.8, 4) is 5.69 Å². The number of alkyl halides is 3. The summed E-state index contributed by atoms with van der Waals surface area (Å²) < 4.78 is 68.2. The monoisotopic (exact) mass is 422 g/mol. The average molecular weight is 422 g/mol. The van der Waals surface area contributed by atoms with Crippen LogP contribution < -0.4 is 0 Å². The van der Waals surface area contributed by atoms with E-state index in [1.54, 1.807) is 34.6 Å². The fourth-order valence-corrected chi connectivity index (χ4v) is 4.23. The number of aryl methyl sites for hydroxylation is 1. The molecule has 0 fully saturated rings. The van der Waals surface area contributed by atoms with E-state index < -0.39 is 21.8 Å². The van der Waals surface area contributed by atoms with Crippen LogP contribution in [0.2, 0.25) is 0 Å². The van der Waals surface area contributed by atoms with Gasteiger partial charge in [0.25, 0.3) is 0 Å². The van der Waals surface area contributed by atoms with Crippen molar-refractivity contribution < 1.29 is 21.6 Å². The average Bonchev–Trinajstić information content (AvgIpc) is 3.15. The Bertz CT molecular complexity index is 1330. The predicted molar refractivity (Wildman–Crippen MR) is 103 cm³/mol. The van der Waals surface area contributed by atoms with Gasteiger partial charge in [-0.2, -0.15) is 18.3 Å². The van der Waals surface area contributed by atoms with Gasteiger partial charge in [0.15, 0.2) is 5.65 Å². The Kier molecular flexibility index (Phi) is 4.25. The van der Waals surface area contributed by atoms with Gasteiger partial charge in [-0.25, -0.2) is 12.7 Å². The van der Waals surface area contributed by atoms with Crippen LogP contribution in [0.25, 0.3) is 27.6 Å². The molecule has 0 spiro atoms. The smallest absolute Gasteiger partial charge is 0.292 e. The Morgan fingerprint density at radius 3 is 2.24 bits per heavy atom. The Morgan fingerprint density at radius 1 is 1.00 bits per heavy atom. The van der Waals surface area contributed by atoms with E-state index in [0.29, 0.717) is 27.6 Å². The van der Waals surface area contributed by atoms with E-state index in [4.69, 9.17) is 0 Å². The summed E-state index contributed by atoms with van der Waals surface area (Å²) in [6.45, 7) is 0. The first-order chi connectivity index (χ1) is 13.5. The molecule has 6 nitrogen and oxygen atoms in total. The SMILES string of the molecule is CN(C)S(=O)(=O)c1ccc2c(c1)c1cn(C)nc1n2-c1ccc(C(F)(F)F)cc1. The first-order valence-electron chi connectivity index (χ1n) is 8.58. The number of fused-ring (bicyclic) bond motifs is 3. The number of halogens is 3. The molecule has 0 atom stereocenters. The van der Waals surface area contributed by atoms with Gasteiger partial charge in [-0.3, -0.25) is 9.25 Å². The fourth-order valence-electron chi connectivity index (χ4n) is 3.30. The van der Waals surface area contributed by atoms with E-state index in [-0.39, 0.29) is 4.90 Å². The van der Waals surface area contributed by atoms with Crippen molar-refractivity contribution in [1.82, 2.24) is 18.7 Å². The summed E-state index contributed by atoms with van der Waals surface area (Å²) in [6, 6.07) is 9.47. The van der Waals surface area contributed by atoms with Crippen LogP contribution >= 0.6 is 0 Å². The van der Waals surface area contributed by atoms with Gasteiger partial charge >= 0.3 is 6.18 Å². The Morgan fingerprint density at radius 2 is 1.66 bits per heavy atom. The lowest BCUT2D eigenvalue weighted by Crippen LogP contribution is -2.22. The topological polar surface area (TPSA) is 60.1 Å². The third kappa shape index (κ3) is 3.08. The normalized spacial score (nSPS) is 13.1. The minimum absolute atomic E-state index is 0.130. The van der Waals surface area contributed by atoms with E-state index in [1.807, 2.05) is 0 Å². The van der Waals surface area contributed by atoms with Gasteiger partial charge in [-0.05, 0) is 42.5 Å². The van der Waals surface area contributed by atoms with Crippen LogP contribution in [-0.2, 0) is 23.2 Å². The summed E-state index contributed by atoms with van der Waals surface area (Å²) >= 11 is 0. The number of hydrogen-bond donors (Lipinski definition) is 0. The molecule has 2 aromatic carbocycles. The zero-order valence-electron chi connectivity index (χ0n) is 15.8. The number of benzene rings is 2. The van der Waals surface area contributed by atoms with Crippen LogP contribution in [0.1, 0.15) is 5.56 Å². The molecule has 0 radical (unpaired) electrons. The molecule has 10 heteroatoms. The van der Waals surface area contributed by atoms with Crippen molar-refractivity contribution in [2.45, 2.75) is 11.1 Å². The standard InChI is InChI=1S/C19H17F3N4O2S/c1-24(2)29(27,28)14-8-9-17-15(10-14)16-11-25(3)23-18(16)26(17)13-6-4-12(5-7-13)19(20,21)22/h4-11H,1-3H3. The summed E-state index contributed by atoms with van der Waals surface area (Å²) in [5.74, 6) is 0. The van der Waals surface area contributed by atoms with Crippen LogP contribution in [0, 0.1) is 0 Å². The van der Waals surface area contributed by atoms with Crippen molar-refractivity contribution in [3.05, 3.63) is 54.2 Å². The molecule has 0 saturated heterocycles. The molecular formula is C19H17F3N4O2S. The lowest BCUT2D eigenvalue weighted by Gasteiger charge is -2.12. The van der Waals surface area contributed by atoms with Gasteiger partial charge in [-0.15, -0.1) is 0 Å². The van der Waals surface area contributed by atoms with Gasteiger partial charge in [0.1, 0.15) is 0 Å². The molecule has 2 aromatic heterocycles. The summed E-state index contributed by atoms with van der Waals surface area (Å²) in [5.41, 5.74) is 0.941. The maximum atomic E-state index is 12.9. The molecule has 0 aliphatic rings. The Labute approximate surface area is 164 Å². The quantitative estimate of drug-likeness (QED) is 0.505. The highest BCUT2D eigenvalue weighted by Gasteiger charge is 2.30. The Balaban J connectivity index is 1.99. The molecule has 0 N–H and O–H groups in total. The van der Waals surface area contributed by atoms with Crippen LogP contribution in [0.3, 0.4) is 0 Å². The molecule has 4 aromatic rings. The van der Waals surface area contributed by atoms with Crippen LogP contribution in [-0.4, -0.2) is 41.2 Å². The maximum Gasteiger partial charge on any atom is 0.416 e. The molecule has 29 heavy (non-hydrogen) atoms. The van der Waals surface area contributed by atoms with Crippen molar-refractivity contribution in [2.24, 2.45) is 7.05 Å². The number of sulfonamides is 1. The molecule has 0 amide bonds. The molecule has 2 heterocycles. The van der Waals surface area contributed by atoms with Gasteiger partial charge in [0.2, 0.25) is 10.0 Å². The van der Waals surface area contributed by atoms with Crippen molar-refractivity contribution in [3.63, 3.8) is 0 Å². The summed E-state index contributed by atoms with van der Waals surface area (Å²) in [4.78, 5) is 0.130. The van der Waals surface area contributed by atoms with Gasteiger partial charge < -0.3 is 0 Å². The van der Waals surface area contributed by atoms with Crippen molar-refractivity contribution >= 4 is 32.0 Å². The highest BCUT2D eigenvalue weighted by Crippen LogP contribution is 2.34. The maximum absolute atomic E-state index is 12.9. The number of nitrogens with zero attached hydrogens (tertiary/aromatic N) is 4. The molecule has 4 rings (SSSR count). The molecule has 152 valence electrons. The Hall–Kier alpha value is -2.85. The minimum atomic E-state index is -4.42. The van der Waals surface area contributed by atoms with Gasteiger partial charge in [0, 0.05) is 43.8 Å². The van der Waals surface area contributed by atoms with E-state index >= 15 is 0 Å². The summed E-state index contributed by atoms with van der Waals surface area (Å²) in [5, 5.41) is 5.78.